The molecule has 51 heavy (non-hydrogen) atoms. The molecular weight excluding hydrogens is 769 g/mol. The predicted molar refractivity (Wildman–Crippen MR) is 172 cm³/mol. The summed E-state index contributed by atoms with van der Waals surface area (Å²) in [5.74, 6) is -0.540. The quantitative estimate of drug-likeness (QED) is 0.0205. The summed E-state index contributed by atoms with van der Waals surface area (Å²) in [5.41, 5.74) is 14.9. The van der Waals surface area contributed by atoms with Gasteiger partial charge in [0.15, 0.2) is 23.2 Å². The molecular formula is C22H27N10O15P3S. The minimum absolute atomic E-state index is 0.0505. The average Bonchev–Trinajstić information content (AvgIpc) is 3.53. The smallest absolute Gasteiger partial charge is 0.387 e. The van der Waals surface area contributed by atoms with Crippen molar-refractivity contribution in [3.8, 4) is 0 Å². The Kier molecular flexibility index (Phi) is 11.2. The third-order valence-electron chi connectivity index (χ3n) is 6.95. The van der Waals surface area contributed by atoms with E-state index in [1.165, 1.54) is 24.3 Å². The number of hydrogen-bond acceptors (Lipinski definition) is 17. The molecule has 29 heteroatoms. The molecule has 1 aliphatic heterocycles. The number of imidazole rings is 1. The first-order chi connectivity index (χ1) is 23.8. The van der Waals surface area contributed by atoms with E-state index in [1.54, 1.807) is 12.1 Å². The van der Waals surface area contributed by atoms with Gasteiger partial charge < -0.3 is 40.7 Å². The van der Waals surface area contributed by atoms with Gasteiger partial charge in [-0.1, -0.05) is 24.3 Å². The minimum Gasteiger partial charge on any atom is -0.387 e. The zero-order valence-corrected chi connectivity index (χ0v) is 28.8. The van der Waals surface area contributed by atoms with E-state index in [2.05, 4.69) is 43.4 Å². The van der Waals surface area contributed by atoms with Crippen LogP contribution in [0, 0.1) is 0 Å². The summed E-state index contributed by atoms with van der Waals surface area (Å²) in [4.78, 5) is 43.9. The minimum atomic E-state index is -5.84. The van der Waals surface area contributed by atoms with E-state index < -0.39 is 77.1 Å². The molecule has 4 aromatic rings. The number of rotatable bonds is 15. The lowest BCUT2D eigenvalue weighted by Crippen LogP contribution is -2.33. The van der Waals surface area contributed by atoms with E-state index in [-0.39, 0.29) is 33.8 Å². The highest BCUT2D eigenvalue weighted by Crippen LogP contribution is 2.66. The highest BCUT2D eigenvalue weighted by atomic mass is 32.2. The van der Waals surface area contributed by atoms with Crippen LogP contribution in [0.4, 0.5) is 17.5 Å². The van der Waals surface area contributed by atoms with E-state index in [4.69, 9.17) is 16.0 Å². The van der Waals surface area contributed by atoms with Gasteiger partial charge in [-0.25, -0.2) is 33.7 Å². The molecule has 0 bridgehead atoms. The molecule has 10 N–H and O–H groups in total. The molecule has 0 spiro atoms. The molecule has 1 fully saturated rings. The Morgan fingerprint density at radius 2 is 1.73 bits per heavy atom. The third kappa shape index (κ3) is 8.88. The number of anilines is 2. The summed E-state index contributed by atoms with van der Waals surface area (Å²) in [7, 11) is -21.2. The van der Waals surface area contributed by atoms with Crippen molar-refractivity contribution in [3.05, 3.63) is 53.2 Å². The Balaban J connectivity index is 1.16. The first-order valence-corrected chi connectivity index (χ1v) is 19.9. The number of hydrogen-bond donors (Lipinski definition) is 9. The van der Waals surface area contributed by atoms with Crippen LogP contribution in [0.25, 0.3) is 32.4 Å². The summed E-state index contributed by atoms with van der Waals surface area (Å²) in [5, 5.41) is 29.9. The number of aliphatic hydroxyl groups excluding tert-OH is 2. The van der Waals surface area contributed by atoms with Crippen molar-refractivity contribution in [1.82, 2.24) is 24.6 Å². The third-order valence-corrected chi connectivity index (χ3v) is 12.3. The van der Waals surface area contributed by atoms with Crippen molar-refractivity contribution in [2.45, 2.75) is 29.4 Å². The Labute approximate surface area is 285 Å². The molecule has 0 saturated carbocycles. The first kappa shape index (κ1) is 38.6. The Hall–Kier alpha value is -3.64. The molecule has 0 amide bonds. The van der Waals surface area contributed by atoms with E-state index >= 15 is 0 Å². The van der Waals surface area contributed by atoms with Crippen molar-refractivity contribution in [1.29, 1.82) is 0 Å². The van der Waals surface area contributed by atoms with Crippen molar-refractivity contribution in [2.75, 3.05) is 30.7 Å². The number of azide groups is 1. The van der Waals surface area contributed by atoms with Crippen LogP contribution in [0.2, 0.25) is 0 Å². The molecule has 7 atom stereocenters. The molecule has 3 heterocycles. The zero-order valence-electron chi connectivity index (χ0n) is 25.3. The largest absolute Gasteiger partial charge is 0.489 e. The molecule has 2 aromatic carbocycles. The lowest BCUT2D eigenvalue weighted by molar-refractivity contribution is -0.0495. The Morgan fingerprint density at radius 3 is 2.43 bits per heavy atom. The maximum Gasteiger partial charge on any atom is 0.489 e. The summed E-state index contributed by atoms with van der Waals surface area (Å²) in [6.07, 6.45) is -5.87. The van der Waals surface area contributed by atoms with Gasteiger partial charge in [0.2, 0.25) is 5.95 Å². The second-order valence-corrected chi connectivity index (χ2v) is 16.5. The Bertz CT molecular complexity index is 2270. The van der Waals surface area contributed by atoms with Crippen LogP contribution in [0.3, 0.4) is 0 Å². The second-order valence-electron chi connectivity index (χ2n) is 10.3. The van der Waals surface area contributed by atoms with Crippen molar-refractivity contribution in [2.24, 2.45) is 5.11 Å². The first-order valence-electron chi connectivity index (χ1n) is 13.9. The number of aromatic nitrogens is 4. The van der Waals surface area contributed by atoms with Crippen LogP contribution in [-0.2, 0) is 41.7 Å². The summed E-state index contributed by atoms with van der Waals surface area (Å²) in [6.45, 7) is -1.66. The SMILES string of the molecule is [N-]=[N+]=Nc1nc2c(N)ncnc2n1[C@@H]1O[C@H](COP(=O)(O)OP(=O)(O)OP(=O)(O)NCCNc2cccc3c(S(=O)(=O)O)cccc23)[C@@H](O)[C@H]1O. The van der Waals surface area contributed by atoms with Crippen LogP contribution < -0.4 is 16.1 Å². The fraction of sp³-hybridized carbons (Fsp3) is 0.318. The van der Waals surface area contributed by atoms with E-state index in [0.29, 0.717) is 11.1 Å². The number of nitrogens with one attached hydrogen (secondary N) is 2. The average molecular weight is 797 g/mol. The van der Waals surface area contributed by atoms with Crippen LogP contribution in [0.15, 0.2) is 52.7 Å². The number of phosphoric ester groups is 1. The molecule has 5 rings (SSSR count). The molecule has 0 aliphatic carbocycles. The topological polar surface area (TPSA) is 386 Å². The number of benzene rings is 2. The van der Waals surface area contributed by atoms with Gasteiger partial charge >= 0.3 is 23.4 Å². The van der Waals surface area contributed by atoms with Gasteiger partial charge in [-0.05, 0) is 22.8 Å². The standard InChI is InChI=1S/C22H27N10O15P3S/c23-19-16-20(27-10-26-19)32(22(29-16)30-31-24)21-18(34)17(33)14(45-21)9-44-49(37,38)47-50(39,40)46-48(35,36)28-8-7-25-13-5-1-4-12-11(13)3-2-6-15(12)51(41,42)43/h1-6,10,14,17-18,21,25,33-34H,7-9H2,(H,37,38)(H,39,40)(H2,23,26,27)(H2,28,35,36)(H,41,42,43)/t14-,17-,18-,21-/m1/s1. The van der Waals surface area contributed by atoms with Crippen LogP contribution in [0.1, 0.15) is 6.23 Å². The lowest BCUT2D eigenvalue weighted by atomic mass is 10.1. The number of fused-ring (bicyclic) bond motifs is 2. The van der Waals surface area contributed by atoms with Crippen molar-refractivity contribution >= 4 is 72.9 Å². The van der Waals surface area contributed by atoms with Crippen LogP contribution in [0.5, 0.6) is 0 Å². The van der Waals surface area contributed by atoms with Gasteiger partial charge in [0.25, 0.3) is 10.1 Å². The lowest BCUT2D eigenvalue weighted by Gasteiger charge is -2.20. The predicted octanol–water partition coefficient (Wildman–Crippen LogP) is 1.42. The summed E-state index contributed by atoms with van der Waals surface area (Å²) in [6, 6.07) is 8.60. The molecule has 2 aromatic heterocycles. The van der Waals surface area contributed by atoms with Gasteiger partial charge in [-0.3, -0.25) is 13.6 Å². The van der Waals surface area contributed by atoms with Gasteiger partial charge in [-0.15, -0.1) is 0 Å². The zero-order chi connectivity index (χ0) is 37.4. The summed E-state index contributed by atoms with van der Waals surface area (Å²) >= 11 is 0. The van der Waals surface area contributed by atoms with Crippen molar-refractivity contribution < 1.29 is 69.4 Å². The monoisotopic (exact) mass is 796 g/mol. The number of nitrogens with zero attached hydrogens (tertiary/aromatic N) is 7. The van der Waals surface area contributed by atoms with E-state index in [1.807, 2.05) is 5.09 Å². The van der Waals surface area contributed by atoms with Gasteiger partial charge in [0.05, 0.1) is 6.61 Å². The van der Waals surface area contributed by atoms with E-state index in [9.17, 15) is 51.6 Å². The molecule has 0 radical (unpaired) electrons. The highest BCUT2D eigenvalue weighted by Gasteiger charge is 2.47. The van der Waals surface area contributed by atoms with Crippen molar-refractivity contribution in [3.63, 3.8) is 0 Å². The molecule has 3 unspecified atom stereocenters. The maximum atomic E-state index is 12.5. The van der Waals surface area contributed by atoms with Gasteiger partial charge in [0, 0.05) is 34.5 Å². The van der Waals surface area contributed by atoms with Gasteiger partial charge in [0.1, 0.15) is 29.5 Å². The molecule has 25 nitrogen and oxygen atoms in total. The van der Waals surface area contributed by atoms with Crippen LogP contribution in [-0.4, -0.2) is 95.4 Å². The number of nitrogens with two attached hydrogens (primary N) is 1. The fourth-order valence-electron chi connectivity index (χ4n) is 4.90. The molecule has 1 aliphatic rings. The molecule has 1 saturated heterocycles. The normalized spacial score (nSPS) is 22.9. The fourth-order valence-corrected chi connectivity index (χ4v) is 9.30. The summed E-state index contributed by atoms with van der Waals surface area (Å²) < 4.78 is 89.5. The number of nitrogen functional groups attached to an aromatic ring is 1. The van der Waals surface area contributed by atoms with Gasteiger partial charge in [-0.2, -0.15) is 17.0 Å². The maximum absolute atomic E-state index is 12.5. The highest BCUT2D eigenvalue weighted by molar-refractivity contribution is 7.86. The number of aliphatic hydroxyl groups is 2. The Morgan fingerprint density at radius 1 is 1.02 bits per heavy atom. The molecule has 276 valence electrons. The number of phosphoric acid groups is 2. The van der Waals surface area contributed by atoms with Crippen LogP contribution >= 0.6 is 23.4 Å². The van der Waals surface area contributed by atoms with E-state index in [0.717, 1.165) is 10.9 Å². The number of ether oxygens (including phenoxy) is 1. The second kappa shape index (κ2) is 14.8.